The van der Waals surface area contributed by atoms with Crippen molar-refractivity contribution < 1.29 is 9.66 Å². The smallest absolute Gasteiger partial charge is 0.269 e. The van der Waals surface area contributed by atoms with Crippen molar-refractivity contribution >= 4 is 41.3 Å². The number of nitro groups is 1. The van der Waals surface area contributed by atoms with Crippen LogP contribution in [0, 0.1) is 15.5 Å². The molecule has 9 heteroatoms. The topological polar surface area (TPSA) is 92.0 Å². The van der Waals surface area contributed by atoms with Gasteiger partial charge in [0, 0.05) is 63.1 Å². The zero-order valence-corrected chi connectivity index (χ0v) is 17.3. The standard InChI is InChI=1S/C17H25N5O3.HI/c1-18-16(21-10-6-17(12-21)7-11-25-13-17)20-9-8-19-14-2-4-15(5-3-14)22(23)24;/h2-5,19H,6-13H2,1H3,(H,18,20);1H. The van der Waals surface area contributed by atoms with Crippen LogP contribution in [0.1, 0.15) is 12.8 Å². The van der Waals surface area contributed by atoms with E-state index in [0.29, 0.717) is 12.0 Å². The lowest BCUT2D eigenvalue weighted by Gasteiger charge is -2.25. The summed E-state index contributed by atoms with van der Waals surface area (Å²) in [4.78, 5) is 16.9. The van der Waals surface area contributed by atoms with Crippen molar-refractivity contribution in [3.63, 3.8) is 0 Å². The predicted octanol–water partition coefficient (Wildman–Crippen LogP) is 2.31. The summed E-state index contributed by atoms with van der Waals surface area (Å²) in [6.45, 7) is 5.19. The van der Waals surface area contributed by atoms with Gasteiger partial charge in [-0.3, -0.25) is 15.1 Å². The van der Waals surface area contributed by atoms with E-state index in [2.05, 4.69) is 20.5 Å². The van der Waals surface area contributed by atoms with Gasteiger partial charge in [-0.15, -0.1) is 24.0 Å². The van der Waals surface area contributed by atoms with Crippen LogP contribution in [0.15, 0.2) is 29.3 Å². The van der Waals surface area contributed by atoms with E-state index >= 15 is 0 Å². The second-order valence-electron chi connectivity index (χ2n) is 6.68. The molecule has 2 N–H and O–H groups in total. The summed E-state index contributed by atoms with van der Waals surface area (Å²) in [5, 5.41) is 17.3. The third-order valence-corrected chi connectivity index (χ3v) is 4.95. The third-order valence-electron chi connectivity index (χ3n) is 4.95. The number of likely N-dealkylation sites (tertiary alicyclic amines) is 1. The molecule has 8 nitrogen and oxygen atoms in total. The Kier molecular flexibility index (Phi) is 7.44. The molecule has 0 aliphatic carbocycles. The van der Waals surface area contributed by atoms with Gasteiger partial charge in [-0.25, -0.2) is 0 Å². The van der Waals surface area contributed by atoms with Crippen molar-refractivity contribution in [2.45, 2.75) is 12.8 Å². The third kappa shape index (κ3) is 4.97. The minimum Gasteiger partial charge on any atom is -0.383 e. The Hall–Kier alpha value is -1.62. The lowest BCUT2D eigenvalue weighted by molar-refractivity contribution is -0.384. The molecule has 26 heavy (non-hydrogen) atoms. The summed E-state index contributed by atoms with van der Waals surface area (Å²) in [6.07, 6.45) is 2.30. The minimum atomic E-state index is -0.395. The largest absolute Gasteiger partial charge is 0.383 e. The summed E-state index contributed by atoms with van der Waals surface area (Å²) in [7, 11) is 1.81. The summed E-state index contributed by atoms with van der Waals surface area (Å²) >= 11 is 0. The Balaban J connectivity index is 0.00000243. The number of non-ortho nitro benzene ring substituents is 1. The molecule has 2 fully saturated rings. The average Bonchev–Trinajstić information content (AvgIpc) is 3.25. The van der Waals surface area contributed by atoms with Gasteiger partial charge < -0.3 is 20.3 Å². The molecule has 2 aliphatic rings. The molecule has 0 aromatic heterocycles. The van der Waals surface area contributed by atoms with Crippen LogP contribution in [-0.4, -0.2) is 62.2 Å². The fraction of sp³-hybridized carbons (Fsp3) is 0.588. The first-order valence-electron chi connectivity index (χ1n) is 8.64. The number of nitro benzene ring substituents is 1. The summed E-state index contributed by atoms with van der Waals surface area (Å²) in [5.41, 5.74) is 1.28. The maximum Gasteiger partial charge on any atom is 0.269 e. The van der Waals surface area contributed by atoms with Crippen molar-refractivity contribution in [1.82, 2.24) is 10.2 Å². The lowest BCUT2D eigenvalue weighted by atomic mass is 9.87. The summed E-state index contributed by atoms with van der Waals surface area (Å²) in [6, 6.07) is 6.44. The number of hydrogen-bond acceptors (Lipinski definition) is 5. The highest BCUT2D eigenvalue weighted by Crippen LogP contribution is 2.38. The van der Waals surface area contributed by atoms with Crippen molar-refractivity contribution in [1.29, 1.82) is 0 Å². The monoisotopic (exact) mass is 475 g/mol. The first kappa shape index (κ1) is 20.7. The highest BCUT2D eigenvalue weighted by atomic mass is 127. The number of hydrogen-bond donors (Lipinski definition) is 2. The van der Waals surface area contributed by atoms with Crippen molar-refractivity contribution in [3.05, 3.63) is 34.4 Å². The molecule has 2 saturated heterocycles. The number of nitrogens with zero attached hydrogens (tertiary/aromatic N) is 3. The molecule has 1 unspecified atom stereocenters. The van der Waals surface area contributed by atoms with Crippen molar-refractivity contribution in [2.75, 3.05) is 51.8 Å². The number of benzene rings is 1. The number of aliphatic imine (C=N–C) groups is 1. The number of anilines is 1. The van der Waals surface area contributed by atoms with Crippen molar-refractivity contribution in [3.8, 4) is 0 Å². The first-order chi connectivity index (χ1) is 12.1. The molecule has 0 bridgehead atoms. The van der Waals surface area contributed by atoms with E-state index in [1.54, 1.807) is 12.1 Å². The molecule has 0 amide bonds. The fourth-order valence-electron chi connectivity index (χ4n) is 3.50. The van der Waals surface area contributed by atoms with E-state index in [0.717, 1.165) is 57.3 Å². The Morgan fingerprint density at radius 3 is 2.73 bits per heavy atom. The molecular formula is C17H26IN5O3. The van der Waals surface area contributed by atoms with Crippen LogP contribution in [0.3, 0.4) is 0 Å². The van der Waals surface area contributed by atoms with Gasteiger partial charge in [0.1, 0.15) is 0 Å². The molecule has 1 spiro atoms. The van der Waals surface area contributed by atoms with Crippen LogP contribution in [0.5, 0.6) is 0 Å². The molecule has 3 rings (SSSR count). The fourth-order valence-corrected chi connectivity index (χ4v) is 3.50. The van der Waals surface area contributed by atoms with Crippen LogP contribution in [-0.2, 0) is 4.74 Å². The van der Waals surface area contributed by atoms with Crippen LogP contribution in [0.4, 0.5) is 11.4 Å². The number of nitrogens with one attached hydrogen (secondary N) is 2. The lowest BCUT2D eigenvalue weighted by Crippen LogP contribution is -2.43. The maximum absolute atomic E-state index is 10.6. The number of rotatable bonds is 5. The quantitative estimate of drug-likeness (QED) is 0.170. The Bertz CT molecular complexity index is 632. The Labute approximate surface area is 170 Å². The number of ether oxygens (including phenoxy) is 1. The molecule has 0 radical (unpaired) electrons. The molecule has 144 valence electrons. The molecule has 1 aromatic carbocycles. The van der Waals surface area contributed by atoms with Gasteiger partial charge in [0.2, 0.25) is 0 Å². The first-order valence-corrected chi connectivity index (χ1v) is 8.64. The van der Waals surface area contributed by atoms with Gasteiger partial charge in [0.25, 0.3) is 5.69 Å². The summed E-state index contributed by atoms with van der Waals surface area (Å²) < 4.78 is 5.58. The Morgan fingerprint density at radius 2 is 2.12 bits per heavy atom. The predicted molar refractivity (Wildman–Crippen MR) is 112 cm³/mol. The van der Waals surface area contributed by atoms with E-state index in [1.165, 1.54) is 12.1 Å². The average molecular weight is 475 g/mol. The van der Waals surface area contributed by atoms with Crippen molar-refractivity contribution in [2.24, 2.45) is 10.4 Å². The minimum absolute atomic E-state index is 0. The second kappa shape index (κ2) is 9.36. The second-order valence-corrected chi connectivity index (χ2v) is 6.68. The van der Waals surface area contributed by atoms with E-state index in [4.69, 9.17) is 4.74 Å². The van der Waals surface area contributed by atoms with E-state index in [9.17, 15) is 10.1 Å². The van der Waals surface area contributed by atoms with Crippen LogP contribution >= 0.6 is 24.0 Å². The molecule has 1 atom stereocenters. The summed E-state index contributed by atoms with van der Waals surface area (Å²) in [5.74, 6) is 0.925. The highest BCUT2D eigenvalue weighted by molar-refractivity contribution is 14.0. The zero-order valence-electron chi connectivity index (χ0n) is 14.9. The molecule has 2 aliphatic heterocycles. The Morgan fingerprint density at radius 1 is 1.35 bits per heavy atom. The molecule has 0 saturated carbocycles. The normalized spacial score (nSPS) is 22.3. The highest BCUT2D eigenvalue weighted by Gasteiger charge is 2.42. The number of guanidine groups is 1. The molecule has 1 aromatic rings. The van der Waals surface area contributed by atoms with Gasteiger partial charge in [-0.2, -0.15) is 0 Å². The van der Waals surface area contributed by atoms with E-state index < -0.39 is 4.92 Å². The van der Waals surface area contributed by atoms with Gasteiger partial charge in [-0.05, 0) is 25.0 Å². The van der Waals surface area contributed by atoms with E-state index in [1.807, 2.05) is 7.05 Å². The molecular weight excluding hydrogens is 449 g/mol. The SMILES string of the molecule is CN=C(NCCNc1ccc([N+](=O)[O-])cc1)N1CCC2(CCOC2)C1.I. The maximum atomic E-state index is 10.6. The molecule has 2 heterocycles. The van der Waals surface area contributed by atoms with Gasteiger partial charge in [0.15, 0.2) is 5.96 Å². The van der Waals surface area contributed by atoms with Gasteiger partial charge >= 0.3 is 0 Å². The van der Waals surface area contributed by atoms with Gasteiger partial charge in [-0.1, -0.05) is 0 Å². The van der Waals surface area contributed by atoms with Crippen LogP contribution in [0.25, 0.3) is 0 Å². The van der Waals surface area contributed by atoms with Crippen LogP contribution in [0.2, 0.25) is 0 Å². The number of halogens is 1. The van der Waals surface area contributed by atoms with E-state index in [-0.39, 0.29) is 29.7 Å². The van der Waals surface area contributed by atoms with Crippen LogP contribution < -0.4 is 10.6 Å². The van der Waals surface area contributed by atoms with Gasteiger partial charge in [0.05, 0.1) is 11.5 Å². The zero-order chi connectivity index (χ0) is 17.7.